The zero-order valence-electron chi connectivity index (χ0n) is 28.9. The molecule has 6 N–H and O–H groups in total. The van der Waals surface area contributed by atoms with Crippen molar-refractivity contribution >= 4 is 0 Å². The minimum atomic E-state index is -0.500. The van der Waals surface area contributed by atoms with Crippen LogP contribution in [0.25, 0.3) is 0 Å². The normalized spacial score (nSPS) is 11.5. The van der Waals surface area contributed by atoms with Crippen molar-refractivity contribution in [2.45, 2.75) is 53.0 Å². The molecular formula is C30H54N8O9. The van der Waals surface area contributed by atoms with Gasteiger partial charge in [0, 0.05) is 40.4 Å². The summed E-state index contributed by atoms with van der Waals surface area (Å²) in [5, 5.41) is 32.0. The summed E-state index contributed by atoms with van der Waals surface area (Å²) in [6.45, 7) is 8.71. The molecule has 0 aliphatic heterocycles. The molecule has 0 aliphatic carbocycles. The monoisotopic (exact) mass is 670 g/mol. The van der Waals surface area contributed by atoms with E-state index in [0.29, 0.717) is 51.2 Å². The van der Waals surface area contributed by atoms with Crippen LogP contribution in [0.3, 0.4) is 0 Å². The Morgan fingerprint density at radius 1 is 0.766 bits per heavy atom. The first-order valence-electron chi connectivity index (χ1n) is 15.0. The Bertz CT molecular complexity index is 1150. The van der Waals surface area contributed by atoms with E-state index in [4.69, 9.17) is 18.3 Å². The minimum absolute atomic E-state index is 0. The summed E-state index contributed by atoms with van der Waals surface area (Å²) < 4.78 is 22.6. The Morgan fingerprint density at radius 2 is 1.13 bits per heavy atom. The number of furan rings is 2. The van der Waals surface area contributed by atoms with Gasteiger partial charge in [0.2, 0.25) is 0 Å². The first-order valence-corrected chi connectivity index (χ1v) is 15.0. The van der Waals surface area contributed by atoms with Crippen molar-refractivity contribution in [3.63, 3.8) is 0 Å². The summed E-state index contributed by atoms with van der Waals surface area (Å²) in [5.41, 5.74) is 2.25. The molecule has 17 nitrogen and oxygen atoms in total. The van der Waals surface area contributed by atoms with Gasteiger partial charge in [0.05, 0.1) is 22.9 Å². The highest BCUT2D eigenvalue weighted by molar-refractivity contribution is 5.20. The fourth-order valence-electron chi connectivity index (χ4n) is 3.96. The van der Waals surface area contributed by atoms with Crippen molar-refractivity contribution in [3.8, 4) is 0 Å². The number of nitrogens with zero attached hydrogens (tertiary/aromatic N) is 4. The minimum Gasteiger partial charge on any atom is -0.462 e. The van der Waals surface area contributed by atoms with Gasteiger partial charge in [0.1, 0.15) is 36.3 Å². The molecule has 268 valence electrons. The summed E-state index contributed by atoms with van der Waals surface area (Å²) in [6.07, 6.45) is 3.28. The molecule has 0 saturated heterocycles. The second kappa shape index (κ2) is 24.1. The molecule has 2 aromatic rings. The van der Waals surface area contributed by atoms with Gasteiger partial charge in [0.25, 0.3) is 12.4 Å². The molecule has 47 heavy (non-hydrogen) atoms. The second-order valence-electron chi connectivity index (χ2n) is 10.9. The Balaban J connectivity index is 0.000000882. The topological polar surface area (TPSA) is 217 Å². The summed E-state index contributed by atoms with van der Waals surface area (Å²) in [6, 6.07) is 3.99. The van der Waals surface area contributed by atoms with Crippen LogP contribution in [0.5, 0.6) is 0 Å². The standard InChI is InChI=1S/2C15H26N4O4.H2O/c2*1-12-8-13(23-14(12)9-18(3)4)11-22-7-5-6-17-15(16-2)10-19(20)21;/h2*8,10,16-17H,5-7,9,11H2,1-4H3;1H2. The van der Waals surface area contributed by atoms with Crippen LogP contribution in [0.15, 0.2) is 45.0 Å². The highest BCUT2D eigenvalue weighted by atomic mass is 16.6. The molecular weight excluding hydrogens is 616 g/mol. The van der Waals surface area contributed by atoms with Crippen LogP contribution in [-0.4, -0.2) is 93.7 Å². The SMILES string of the molecule is CNC(=C[N+](=O)[O-])NCCCOCc1cc(C)c(CN(C)C)o1.CNC(=C[N+](=O)[O-])NCCCOCc1cc(C)c(CN(C)C)o1.O. The number of nitro groups is 2. The molecule has 0 saturated carbocycles. The van der Waals surface area contributed by atoms with E-state index in [1.807, 2.05) is 54.2 Å². The predicted molar refractivity (Wildman–Crippen MR) is 178 cm³/mol. The van der Waals surface area contributed by atoms with Gasteiger partial charge in [-0.25, -0.2) is 0 Å². The fraction of sp³-hybridized carbons (Fsp3) is 0.600. The van der Waals surface area contributed by atoms with Crippen LogP contribution in [0.4, 0.5) is 0 Å². The third-order valence-electron chi connectivity index (χ3n) is 6.12. The molecule has 0 unspecified atom stereocenters. The van der Waals surface area contributed by atoms with Crippen LogP contribution in [0.2, 0.25) is 0 Å². The number of hydrogen-bond donors (Lipinski definition) is 4. The van der Waals surface area contributed by atoms with Gasteiger partial charge >= 0.3 is 0 Å². The molecule has 0 fully saturated rings. The molecule has 2 rings (SSSR count). The van der Waals surface area contributed by atoms with Crippen molar-refractivity contribution < 1.29 is 33.6 Å². The summed E-state index contributed by atoms with van der Waals surface area (Å²) in [5.74, 6) is 4.31. The lowest BCUT2D eigenvalue weighted by Crippen LogP contribution is -2.26. The molecule has 0 atom stereocenters. The van der Waals surface area contributed by atoms with Crippen LogP contribution >= 0.6 is 0 Å². The van der Waals surface area contributed by atoms with E-state index in [1.165, 1.54) is 0 Å². The van der Waals surface area contributed by atoms with Gasteiger partial charge in [0.15, 0.2) is 11.6 Å². The average Bonchev–Trinajstić information content (AvgIpc) is 3.50. The molecule has 2 heterocycles. The van der Waals surface area contributed by atoms with Crippen molar-refractivity contribution in [2.75, 3.05) is 68.6 Å². The lowest BCUT2D eigenvalue weighted by Gasteiger charge is -2.08. The van der Waals surface area contributed by atoms with Crippen LogP contribution in [0.1, 0.15) is 47.0 Å². The smallest absolute Gasteiger partial charge is 0.274 e. The zero-order chi connectivity index (χ0) is 34.5. The van der Waals surface area contributed by atoms with Gasteiger partial charge in [-0.1, -0.05) is 0 Å². The Kier molecular flexibility index (Phi) is 21.9. The summed E-state index contributed by atoms with van der Waals surface area (Å²) in [7, 11) is 11.2. The van der Waals surface area contributed by atoms with E-state index < -0.39 is 9.85 Å². The van der Waals surface area contributed by atoms with Gasteiger partial charge in [-0.15, -0.1) is 0 Å². The van der Waals surface area contributed by atoms with Gasteiger partial charge in [-0.3, -0.25) is 20.2 Å². The van der Waals surface area contributed by atoms with E-state index in [1.54, 1.807) is 14.1 Å². The first kappa shape index (κ1) is 42.8. The van der Waals surface area contributed by atoms with E-state index >= 15 is 0 Å². The maximum Gasteiger partial charge on any atom is 0.274 e. The first-order chi connectivity index (χ1) is 21.8. The molecule has 0 amide bonds. The molecule has 0 aromatic carbocycles. The Hall–Kier alpha value is -4.16. The highest BCUT2D eigenvalue weighted by Gasteiger charge is 2.10. The molecule has 17 heteroatoms. The molecule has 0 aliphatic rings. The van der Waals surface area contributed by atoms with Crippen molar-refractivity contribution in [1.82, 2.24) is 31.1 Å². The Morgan fingerprint density at radius 3 is 1.43 bits per heavy atom. The maximum atomic E-state index is 10.4. The largest absolute Gasteiger partial charge is 0.462 e. The van der Waals surface area contributed by atoms with Gasteiger partial charge in [-0.05, 0) is 78.1 Å². The number of rotatable bonds is 22. The summed E-state index contributed by atoms with van der Waals surface area (Å²) >= 11 is 0. The maximum absolute atomic E-state index is 10.4. The molecule has 0 spiro atoms. The molecule has 2 aromatic heterocycles. The van der Waals surface area contributed by atoms with E-state index in [9.17, 15) is 20.2 Å². The van der Waals surface area contributed by atoms with E-state index in [2.05, 4.69) is 31.1 Å². The molecule has 0 bridgehead atoms. The van der Waals surface area contributed by atoms with E-state index in [-0.39, 0.29) is 5.48 Å². The van der Waals surface area contributed by atoms with Crippen molar-refractivity contribution in [2.24, 2.45) is 0 Å². The lowest BCUT2D eigenvalue weighted by atomic mass is 10.2. The second-order valence-corrected chi connectivity index (χ2v) is 10.9. The van der Waals surface area contributed by atoms with Crippen molar-refractivity contribution in [1.29, 1.82) is 0 Å². The quantitative estimate of drug-likeness (QED) is 0.0801. The van der Waals surface area contributed by atoms with Gasteiger partial charge < -0.3 is 54.9 Å². The molecule has 0 radical (unpaired) electrons. The number of aryl methyl sites for hydroxylation is 2. The summed E-state index contributed by atoms with van der Waals surface area (Å²) in [4.78, 5) is 23.8. The zero-order valence-corrected chi connectivity index (χ0v) is 28.9. The van der Waals surface area contributed by atoms with Gasteiger partial charge in [-0.2, -0.15) is 0 Å². The third kappa shape index (κ3) is 19.9. The lowest BCUT2D eigenvalue weighted by molar-refractivity contribution is -0.404. The Labute approximate surface area is 276 Å². The number of nitrogens with one attached hydrogen (secondary N) is 4. The van der Waals surface area contributed by atoms with Crippen LogP contribution in [-0.2, 0) is 35.8 Å². The third-order valence-corrected chi connectivity index (χ3v) is 6.12. The fourth-order valence-corrected chi connectivity index (χ4v) is 3.96. The van der Waals surface area contributed by atoms with Crippen LogP contribution in [0, 0.1) is 34.1 Å². The van der Waals surface area contributed by atoms with E-state index in [0.717, 1.165) is 72.5 Å². The average molecular weight is 671 g/mol. The highest BCUT2D eigenvalue weighted by Crippen LogP contribution is 2.17. The predicted octanol–water partition coefficient (Wildman–Crippen LogP) is 2.06. The van der Waals surface area contributed by atoms with Crippen molar-refractivity contribution in [3.05, 3.63) is 90.6 Å². The number of ether oxygens (including phenoxy) is 2. The number of hydrogen-bond acceptors (Lipinski definition) is 14. The van der Waals surface area contributed by atoms with Crippen LogP contribution < -0.4 is 21.3 Å².